The minimum atomic E-state index is -3.97. The molecular formula is C48H70N6O10S. The van der Waals surface area contributed by atoms with E-state index in [1.807, 2.05) is 45.0 Å². The second-order valence-corrected chi connectivity index (χ2v) is 22.7. The number of carbonyl (C=O) groups excluding carboxylic acids is 4. The molecule has 65 heavy (non-hydrogen) atoms. The van der Waals surface area contributed by atoms with Gasteiger partial charge in [-0.15, -0.1) is 6.58 Å². The lowest BCUT2D eigenvalue weighted by molar-refractivity contribution is -0.141. The average molecular weight is 923 g/mol. The normalized spacial score (nSPS) is 26.3. The highest BCUT2D eigenvalue weighted by Crippen LogP contribution is 2.47. The Hall–Kier alpha value is -4.48. The topological polar surface area (TPSA) is 209 Å². The summed E-state index contributed by atoms with van der Waals surface area (Å²) >= 11 is 0. The summed E-state index contributed by atoms with van der Waals surface area (Å²) in [7, 11) is -2.20. The van der Waals surface area contributed by atoms with Crippen molar-refractivity contribution in [1.82, 2.24) is 24.8 Å². The molecule has 16 nitrogen and oxygen atoms in total. The number of fused-ring (bicyclic) bond motifs is 1. The van der Waals surface area contributed by atoms with Crippen LogP contribution < -0.4 is 25.2 Å². The van der Waals surface area contributed by atoms with Crippen LogP contribution in [0.4, 0.5) is 4.79 Å². The van der Waals surface area contributed by atoms with Crippen LogP contribution in [0.25, 0.3) is 10.9 Å². The predicted molar refractivity (Wildman–Crippen MR) is 246 cm³/mol. The SMILES string of the molecule is C=C[C@@H]1C[C@]1(NC(=O)[C@@H]1C[C@@H](Oc2nc3ccccc3c(OCCCN3CCC(OC)CC3)c2CCCCC[C@@H]2C[C@H]2OC(N)=O)CN1C(=O)CC(C)(C)C)C(=O)NS(=O)(=O)C1(C)CC1. The van der Waals surface area contributed by atoms with Crippen molar-refractivity contribution in [3.05, 3.63) is 42.5 Å². The first-order valence-corrected chi connectivity index (χ1v) is 25.1. The summed E-state index contributed by atoms with van der Waals surface area (Å²) < 4.78 is 51.8. The Balaban J connectivity index is 1.11. The molecule has 1 aromatic carbocycles. The van der Waals surface area contributed by atoms with Gasteiger partial charge >= 0.3 is 6.09 Å². The van der Waals surface area contributed by atoms with E-state index in [0.717, 1.165) is 82.0 Å². The van der Waals surface area contributed by atoms with Gasteiger partial charge in [0.2, 0.25) is 27.7 Å². The number of likely N-dealkylation sites (tertiary alicyclic amines) is 2. The number of carbonyl (C=O) groups is 4. The third-order valence-corrected chi connectivity index (χ3v) is 16.1. The van der Waals surface area contributed by atoms with Gasteiger partial charge in [-0.2, -0.15) is 0 Å². The van der Waals surface area contributed by atoms with E-state index < -0.39 is 56.3 Å². The van der Waals surface area contributed by atoms with E-state index in [0.29, 0.717) is 55.0 Å². The number of ether oxygens (including phenoxy) is 4. The molecule has 358 valence electrons. The van der Waals surface area contributed by atoms with Gasteiger partial charge < -0.3 is 39.8 Å². The molecule has 3 aliphatic carbocycles. The molecule has 7 rings (SSSR count). The number of rotatable bonds is 22. The largest absolute Gasteiger partial charge is 0.492 e. The Bertz CT molecular complexity index is 2200. The van der Waals surface area contributed by atoms with E-state index in [4.69, 9.17) is 29.7 Å². The smallest absolute Gasteiger partial charge is 0.404 e. The molecular weight excluding hydrogens is 853 g/mol. The number of sulfonamides is 1. The molecule has 4 amide bonds. The summed E-state index contributed by atoms with van der Waals surface area (Å²) in [5.41, 5.74) is 4.85. The number of aromatic nitrogens is 1. The maximum absolute atomic E-state index is 14.4. The molecule has 0 radical (unpaired) electrons. The van der Waals surface area contributed by atoms with Crippen molar-refractivity contribution < 1.29 is 46.5 Å². The zero-order valence-electron chi connectivity index (χ0n) is 38.9. The first-order valence-electron chi connectivity index (χ1n) is 23.6. The summed E-state index contributed by atoms with van der Waals surface area (Å²) in [4.78, 5) is 62.5. The van der Waals surface area contributed by atoms with Crippen molar-refractivity contribution >= 4 is 44.7 Å². The number of nitrogens with two attached hydrogens (primary N) is 1. The van der Waals surface area contributed by atoms with Gasteiger partial charge in [0, 0.05) is 50.9 Å². The highest BCUT2D eigenvalue weighted by atomic mass is 32.2. The Labute approximate surface area is 384 Å². The molecule has 17 heteroatoms. The predicted octanol–water partition coefficient (Wildman–Crippen LogP) is 5.55. The Morgan fingerprint density at radius 3 is 2.43 bits per heavy atom. The van der Waals surface area contributed by atoms with Crippen LogP contribution in [0.1, 0.15) is 117 Å². The summed E-state index contributed by atoms with van der Waals surface area (Å²) in [6, 6.07) is 6.81. The van der Waals surface area contributed by atoms with Crippen LogP contribution in [-0.4, -0.2) is 122 Å². The minimum Gasteiger partial charge on any atom is -0.492 e. The molecule has 6 atom stereocenters. The third kappa shape index (κ3) is 11.7. The Morgan fingerprint density at radius 2 is 1.77 bits per heavy atom. The molecule has 2 saturated heterocycles. The molecule has 3 saturated carbocycles. The number of unbranched alkanes of at least 4 members (excludes halogenated alkanes) is 2. The number of methoxy groups -OCH3 is 1. The van der Waals surface area contributed by atoms with Gasteiger partial charge in [0.25, 0.3) is 5.91 Å². The van der Waals surface area contributed by atoms with Crippen molar-refractivity contribution in [2.45, 2.75) is 152 Å². The van der Waals surface area contributed by atoms with Gasteiger partial charge in [0.05, 0.1) is 35.1 Å². The zero-order valence-corrected chi connectivity index (χ0v) is 39.7. The van der Waals surface area contributed by atoms with E-state index in [9.17, 15) is 27.6 Å². The lowest BCUT2D eigenvalue weighted by Gasteiger charge is -2.31. The number of amides is 4. The van der Waals surface area contributed by atoms with Gasteiger partial charge in [0.1, 0.15) is 29.5 Å². The van der Waals surface area contributed by atoms with E-state index in [-0.39, 0.29) is 43.2 Å². The maximum atomic E-state index is 14.4. The van der Waals surface area contributed by atoms with Gasteiger partial charge in [-0.25, -0.2) is 18.2 Å². The molecule has 3 heterocycles. The van der Waals surface area contributed by atoms with Gasteiger partial charge in [-0.3, -0.25) is 19.1 Å². The fourth-order valence-electron chi connectivity index (χ4n) is 9.45. The van der Waals surface area contributed by atoms with Crippen LogP contribution in [0, 0.1) is 17.3 Å². The first kappa shape index (κ1) is 48.5. The van der Waals surface area contributed by atoms with Crippen molar-refractivity contribution in [3.8, 4) is 11.6 Å². The summed E-state index contributed by atoms with van der Waals surface area (Å²) in [6.07, 6.45) is 9.60. The molecule has 0 spiro atoms. The van der Waals surface area contributed by atoms with Crippen LogP contribution in [-0.2, 0) is 40.3 Å². The number of nitrogens with zero attached hydrogens (tertiary/aromatic N) is 3. The monoisotopic (exact) mass is 922 g/mol. The van der Waals surface area contributed by atoms with Crippen molar-refractivity contribution in [1.29, 1.82) is 0 Å². The number of piperidine rings is 1. The number of nitrogens with one attached hydrogen (secondary N) is 2. The number of benzene rings is 1. The Morgan fingerprint density at radius 1 is 1.03 bits per heavy atom. The van der Waals surface area contributed by atoms with Crippen LogP contribution in [0.15, 0.2) is 36.9 Å². The van der Waals surface area contributed by atoms with Crippen LogP contribution in [0.5, 0.6) is 11.6 Å². The highest BCUT2D eigenvalue weighted by Gasteiger charge is 2.63. The van der Waals surface area contributed by atoms with E-state index in [1.54, 1.807) is 20.1 Å². The number of para-hydroxylation sites is 1. The Kier molecular flexibility index (Phi) is 14.7. The van der Waals surface area contributed by atoms with Crippen molar-refractivity contribution in [2.75, 3.05) is 39.9 Å². The average Bonchev–Trinajstić information content (AvgIpc) is 4.21. The zero-order chi connectivity index (χ0) is 46.7. The molecule has 1 aromatic heterocycles. The van der Waals surface area contributed by atoms with Gasteiger partial charge in [-0.1, -0.05) is 51.8 Å². The summed E-state index contributed by atoms with van der Waals surface area (Å²) in [5.74, 6) is -0.660. The summed E-state index contributed by atoms with van der Waals surface area (Å²) in [6.45, 7) is 14.7. The number of hydrogen-bond acceptors (Lipinski definition) is 12. The lowest BCUT2D eigenvalue weighted by Crippen LogP contribution is -2.57. The number of pyridine rings is 1. The fourth-order valence-corrected chi connectivity index (χ4v) is 10.8. The second-order valence-electron chi connectivity index (χ2n) is 20.5. The molecule has 2 aromatic rings. The number of primary amides is 1. The van der Waals surface area contributed by atoms with Crippen molar-refractivity contribution in [2.24, 2.45) is 23.0 Å². The first-order chi connectivity index (χ1) is 30.8. The minimum absolute atomic E-state index is 0.0989. The number of hydrogen-bond donors (Lipinski definition) is 3. The molecule has 0 bridgehead atoms. The van der Waals surface area contributed by atoms with Crippen LogP contribution in [0.2, 0.25) is 0 Å². The quantitative estimate of drug-likeness (QED) is 0.0982. The van der Waals surface area contributed by atoms with Crippen LogP contribution in [0.3, 0.4) is 0 Å². The van der Waals surface area contributed by atoms with E-state index >= 15 is 0 Å². The molecule has 4 N–H and O–H groups in total. The maximum Gasteiger partial charge on any atom is 0.404 e. The second kappa shape index (κ2) is 19.8. The summed E-state index contributed by atoms with van der Waals surface area (Å²) in [5, 5.41) is 3.76. The molecule has 2 aliphatic heterocycles. The van der Waals surface area contributed by atoms with E-state index in [2.05, 4.69) is 21.5 Å². The van der Waals surface area contributed by atoms with Crippen molar-refractivity contribution in [3.63, 3.8) is 0 Å². The third-order valence-electron chi connectivity index (χ3n) is 14.0. The van der Waals surface area contributed by atoms with Gasteiger partial charge in [-0.05, 0) is 94.6 Å². The van der Waals surface area contributed by atoms with Gasteiger partial charge in [0.15, 0.2) is 0 Å². The fraction of sp³-hybridized carbons (Fsp3) is 0.688. The van der Waals surface area contributed by atoms with Crippen LogP contribution >= 0.6 is 0 Å². The molecule has 5 fully saturated rings. The standard InChI is InChI=1S/C48H70N6O10S/c1-7-32-28-48(32,44(57)52-65(59,60)47(5)20-21-47)51-42(56)38-27-34(30-54(38)40(55)29-46(2,3)4)63-43-36(16-10-8-9-14-31-26-39(31)64-45(49)58)41(35-15-11-12-17-37(35)50-43)62-25-13-22-53-23-18-33(61-6)19-24-53/h7,11-12,15,17,31-34,38-39H,1,8-10,13-14,16,18-30H2,2-6H3,(H2,49,58)(H,51,56)(H,52,57)/t31-,32-,34-,38+,39-,48-/m1/s1. The van der Waals surface area contributed by atoms with E-state index in [1.165, 1.54) is 4.90 Å². The molecule has 0 unspecified atom stereocenters. The highest BCUT2D eigenvalue weighted by molar-refractivity contribution is 7.91. The molecule has 5 aliphatic rings. The lowest BCUT2D eigenvalue weighted by atomic mass is 9.91.